The number of hydrogen-bond donors (Lipinski definition) is 2. The molecule has 1 aliphatic heterocycles. The van der Waals surface area contributed by atoms with Gasteiger partial charge in [0.25, 0.3) is 0 Å². The molecule has 0 bridgehead atoms. The standard InChI is InChI=1S/C22H22N6O2/c1-30-22(29)18-7-6-14(10-25-18)19-9-20(23)28-21(27-19)16(12-26-28)15-8-13-4-2-3-5-17(13)24-11-15/h2-5,8-9,11-12,14,18,25H,6-7,10,23H2,1H3/t14-,18-/m0/s1. The van der Waals surface area contributed by atoms with Gasteiger partial charge >= 0.3 is 5.97 Å². The second-order valence-electron chi connectivity index (χ2n) is 7.57. The highest BCUT2D eigenvalue weighted by atomic mass is 16.5. The molecule has 0 spiro atoms. The number of aromatic nitrogens is 4. The van der Waals surface area contributed by atoms with Crippen LogP contribution in [0.15, 0.2) is 48.8 Å². The highest BCUT2D eigenvalue weighted by Gasteiger charge is 2.28. The zero-order valence-corrected chi connectivity index (χ0v) is 16.6. The molecular formula is C22H22N6O2. The molecule has 3 aromatic heterocycles. The van der Waals surface area contributed by atoms with Gasteiger partial charge in [-0.25, -0.2) is 4.98 Å². The topological polar surface area (TPSA) is 107 Å². The lowest BCUT2D eigenvalue weighted by atomic mass is 9.92. The lowest BCUT2D eigenvalue weighted by Gasteiger charge is -2.28. The number of piperidine rings is 1. The van der Waals surface area contributed by atoms with E-state index in [1.807, 2.05) is 36.5 Å². The molecule has 30 heavy (non-hydrogen) atoms. The largest absolute Gasteiger partial charge is 0.468 e. The molecule has 152 valence electrons. The summed E-state index contributed by atoms with van der Waals surface area (Å²) in [7, 11) is 1.41. The lowest BCUT2D eigenvalue weighted by Crippen LogP contribution is -2.44. The Balaban J connectivity index is 1.51. The van der Waals surface area contributed by atoms with E-state index in [1.54, 1.807) is 10.7 Å². The van der Waals surface area contributed by atoms with Crippen LogP contribution in [0.3, 0.4) is 0 Å². The van der Waals surface area contributed by atoms with Crippen molar-refractivity contribution in [2.24, 2.45) is 0 Å². The van der Waals surface area contributed by atoms with E-state index >= 15 is 0 Å². The molecule has 4 heterocycles. The fraction of sp³-hybridized carbons (Fsp3) is 0.273. The van der Waals surface area contributed by atoms with Crippen LogP contribution in [0.25, 0.3) is 27.7 Å². The normalized spacial score (nSPS) is 19.2. The van der Waals surface area contributed by atoms with E-state index < -0.39 is 0 Å². The SMILES string of the molecule is COC(=O)[C@@H]1CC[C@H](c2cc(N)n3ncc(-c4cnc5ccccc5c4)c3n2)CN1. The van der Waals surface area contributed by atoms with Crippen molar-refractivity contribution in [2.45, 2.75) is 24.8 Å². The van der Waals surface area contributed by atoms with E-state index in [9.17, 15) is 4.79 Å². The molecule has 2 atom stereocenters. The van der Waals surface area contributed by atoms with Crippen LogP contribution in [0.5, 0.6) is 0 Å². The summed E-state index contributed by atoms with van der Waals surface area (Å²) in [5.41, 5.74) is 10.7. The molecule has 1 aliphatic rings. The first-order valence-corrected chi connectivity index (χ1v) is 9.94. The molecule has 0 radical (unpaired) electrons. The third-order valence-corrected chi connectivity index (χ3v) is 5.74. The number of rotatable bonds is 3. The summed E-state index contributed by atoms with van der Waals surface area (Å²) in [5.74, 6) is 0.471. The van der Waals surface area contributed by atoms with Crippen LogP contribution < -0.4 is 11.1 Å². The maximum absolute atomic E-state index is 11.8. The minimum absolute atomic E-state index is 0.163. The van der Waals surface area contributed by atoms with Crippen molar-refractivity contribution in [3.8, 4) is 11.1 Å². The number of nitrogens with one attached hydrogen (secondary N) is 1. The number of hydrogen-bond acceptors (Lipinski definition) is 7. The van der Waals surface area contributed by atoms with Crippen LogP contribution in [0, 0.1) is 0 Å². The first kappa shape index (κ1) is 18.5. The Morgan fingerprint density at radius 1 is 1.23 bits per heavy atom. The third-order valence-electron chi connectivity index (χ3n) is 5.74. The Kier molecular flexibility index (Phi) is 4.55. The van der Waals surface area contributed by atoms with E-state index in [1.165, 1.54) is 7.11 Å². The van der Waals surface area contributed by atoms with Crippen molar-refractivity contribution in [1.29, 1.82) is 0 Å². The van der Waals surface area contributed by atoms with Gasteiger partial charge in [-0.3, -0.25) is 9.78 Å². The molecule has 0 unspecified atom stereocenters. The Morgan fingerprint density at radius 3 is 2.90 bits per heavy atom. The van der Waals surface area contributed by atoms with E-state index in [2.05, 4.69) is 21.5 Å². The van der Waals surface area contributed by atoms with Crippen LogP contribution in [0.4, 0.5) is 5.82 Å². The minimum atomic E-state index is -0.262. The zero-order chi connectivity index (χ0) is 20.7. The number of esters is 1. The number of nitrogen functional groups attached to an aromatic ring is 1. The van der Waals surface area contributed by atoms with Crippen LogP contribution in [-0.4, -0.2) is 45.2 Å². The number of carbonyl (C=O) groups excluding carboxylic acids is 1. The second kappa shape index (κ2) is 7.38. The predicted octanol–water partition coefficient (Wildman–Crippen LogP) is 2.54. The van der Waals surface area contributed by atoms with Gasteiger partial charge in [0.15, 0.2) is 5.65 Å². The van der Waals surface area contributed by atoms with Crippen LogP contribution in [0.2, 0.25) is 0 Å². The van der Waals surface area contributed by atoms with E-state index in [4.69, 9.17) is 15.5 Å². The number of nitrogens with two attached hydrogens (primary N) is 1. The number of fused-ring (bicyclic) bond motifs is 2. The molecule has 0 amide bonds. The van der Waals surface area contributed by atoms with Gasteiger partial charge < -0.3 is 15.8 Å². The van der Waals surface area contributed by atoms with E-state index in [0.29, 0.717) is 24.4 Å². The molecular weight excluding hydrogens is 380 g/mol. The molecule has 0 saturated carbocycles. The van der Waals surface area contributed by atoms with Gasteiger partial charge in [-0.2, -0.15) is 9.61 Å². The van der Waals surface area contributed by atoms with Gasteiger partial charge in [-0.15, -0.1) is 0 Å². The van der Waals surface area contributed by atoms with Crippen LogP contribution >= 0.6 is 0 Å². The Morgan fingerprint density at radius 2 is 2.10 bits per heavy atom. The number of ether oxygens (including phenoxy) is 1. The van der Waals surface area contributed by atoms with Crippen molar-refractivity contribution in [3.63, 3.8) is 0 Å². The van der Waals surface area contributed by atoms with Crippen molar-refractivity contribution >= 4 is 28.3 Å². The minimum Gasteiger partial charge on any atom is -0.468 e. The molecule has 8 nitrogen and oxygen atoms in total. The smallest absolute Gasteiger partial charge is 0.322 e. The van der Waals surface area contributed by atoms with Gasteiger partial charge in [0.05, 0.1) is 24.5 Å². The number of nitrogens with zero attached hydrogens (tertiary/aromatic N) is 4. The number of pyridine rings is 1. The molecule has 4 aromatic rings. The van der Waals surface area contributed by atoms with Crippen molar-refractivity contribution in [2.75, 3.05) is 19.4 Å². The maximum atomic E-state index is 11.8. The van der Waals surface area contributed by atoms with Crippen molar-refractivity contribution in [1.82, 2.24) is 24.9 Å². The molecule has 3 N–H and O–H groups in total. The molecule has 5 rings (SSSR count). The highest BCUT2D eigenvalue weighted by Crippen LogP contribution is 2.30. The Labute approximate surface area is 173 Å². The molecule has 0 aliphatic carbocycles. The Bertz CT molecular complexity index is 1240. The molecule has 1 fully saturated rings. The summed E-state index contributed by atoms with van der Waals surface area (Å²) in [6.07, 6.45) is 5.15. The van der Waals surface area contributed by atoms with Gasteiger partial charge in [0.1, 0.15) is 11.9 Å². The fourth-order valence-corrected chi connectivity index (χ4v) is 4.09. The molecule has 1 aromatic carbocycles. The summed E-state index contributed by atoms with van der Waals surface area (Å²) >= 11 is 0. The average molecular weight is 402 g/mol. The van der Waals surface area contributed by atoms with Crippen molar-refractivity contribution < 1.29 is 9.53 Å². The first-order valence-electron chi connectivity index (χ1n) is 9.94. The van der Waals surface area contributed by atoms with E-state index in [0.717, 1.165) is 34.1 Å². The van der Waals surface area contributed by atoms with Gasteiger partial charge in [0, 0.05) is 41.2 Å². The number of methoxy groups -OCH3 is 1. The summed E-state index contributed by atoms with van der Waals surface area (Å²) in [6, 6.07) is 11.7. The fourth-order valence-electron chi connectivity index (χ4n) is 4.09. The molecule has 1 saturated heterocycles. The monoisotopic (exact) mass is 402 g/mol. The Hall–Kier alpha value is -3.52. The average Bonchev–Trinajstić information content (AvgIpc) is 3.23. The summed E-state index contributed by atoms with van der Waals surface area (Å²) in [6.45, 7) is 0.642. The third kappa shape index (κ3) is 3.15. The van der Waals surface area contributed by atoms with Gasteiger partial charge in [-0.1, -0.05) is 18.2 Å². The maximum Gasteiger partial charge on any atom is 0.322 e. The summed E-state index contributed by atoms with van der Waals surface area (Å²) in [4.78, 5) is 21.2. The van der Waals surface area contributed by atoms with Gasteiger partial charge in [0.2, 0.25) is 0 Å². The van der Waals surface area contributed by atoms with Gasteiger partial charge in [-0.05, 0) is 25.0 Å². The number of carbonyl (C=O) groups is 1. The van der Waals surface area contributed by atoms with E-state index in [-0.39, 0.29) is 17.9 Å². The zero-order valence-electron chi connectivity index (χ0n) is 16.6. The molecule has 8 heteroatoms. The van der Waals surface area contributed by atoms with Crippen LogP contribution in [0.1, 0.15) is 24.5 Å². The summed E-state index contributed by atoms with van der Waals surface area (Å²) in [5, 5.41) is 8.75. The number of para-hydroxylation sites is 1. The summed E-state index contributed by atoms with van der Waals surface area (Å²) < 4.78 is 6.49. The predicted molar refractivity (Wildman–Crippen MR) is 114 cm³/mol. The lowest BCUT2D eigenvalue weighted by molar-refractivity contribution is -0.143. The van der Waals surface area contributed by atoms with Crippen LogP contribution in [-0.2, 0) is 9.53 Å². The first-order chi connectivity index (χ1) is 14.6. The number of anilines is 1. The quantitative estimate of drug-likeness (QED) is 0.507. The second-order valence-corrected chi connectivity index (χ2v) is 7.57. The number of benzene rings is 1. The van der Waals surface area contributed by atoms with Crippen molar-refractivity contribution in [3.05, 3.63) is 54.5 Å². The highest BCUT2D eigenvalue weighted by molar-refractivity contribution is 5.87.